The second-order valence-electron chi connectivity index (χ2n) is 6.83. The van der Waals surface area contributed by atoms with E-state index in [4.69, 9.17) is 4.74 Å². The normalized spacial score (nSPS) is 10.7. The zero-order valence-corrected chi connectivity index (χ0v) is 16.8. The summed E-state index contributed by atoms with van der Waals surface area (Å²) in [6.07, 6.45) is 9.16. The van der Waals surface area contributed by atoms with Crippen LogP contribution in [-0.4, -0.2) is 15.9 Å². The van der Waals surface area contributed by atoms with E-state index in [9.17, 15) is 4.79 Å². The van der Waals surface area contributed by atoms with Gasteiger partial charge in [0.2, 0.25) is 0 Å². The molecule has 4 rings (SSSR count). The molecule has 2 heterocycles. The average Bonchev–Trinajstić information content (AvgIpc) is 2.83. The molecule has 2 aromatic heterocycles. The van der Waals surface area contributed by atoms with Crippen LogP contribution in [0.2, 0.25) is 0 Å². The van der Waals surface area contributed by atoms with Crippen LogP contribution in [0.15, 0.2) is 97.5 Å². The summed E-state index contributed by atoms with van der Waals surface area (Å²) in [6, 6.07) is 24.7. The molecule has 0 atom stereocenters. The highest BCUT2D eigenvalue weighted by molar-refractivity contribution is 5.92. The lowest BCUT2D eigenvalue weighted by Crippen LogP contribution is -2.23. The van der Waals surface area contributed by atoms with Crippen LogP contribution in [-0.2, 0) is 6.54 Å². The van der Waals surface area contributed by atoms with E-state index in [1.165, 1.54) is 0 Å². The van der Waals surface area contributed by atoms with Gasteiger partial charge in [-0.2, -0.15) is 0 Å². The topological polar surface area (TPSA) is 64.1 Å². The summed E-state index contributed by atoms with van der Waals surface area (Å²) in [4.78, 5) is 20.6. The van der Waals surface area contributed by atoms with Gasteiger partial charge in [-0.15, -0.1) is 0 Å². The van der Waals surface area contributed by atoms with Gasteiger partial charge in [-0.05, 0) is 47.0 Å². The van der Waals surface area contributed by atoms with Crippen molar-refractivity contribution in [2.24, 2.45) is 0 Å². The van der Waals surface area contributed by atoms with Crippen LogP contribution in [0.1, 0.15) is 27.2 Å². The number of ether oxygens (including phenoxy) is 1. The van der Waals surface area contributed by atoms with Crippen molar-refractivity contribution in [1.82, 2.24) is 15.3 Å². The molecule has 0 aliphatic heterocycles. The van der Waals surface area contributed by atoms with E-state index in [0.29, 0.717) is 23.7 Å². The Kier molecular flexibility index (Phi) is 6.45. The number of benzene rings is 2. The summed E-state index contributed by atoms with van der Waals surface area (Å²) in [5, 5.41) is 2.87. The molecule has 0 spiro atoms. The first-order valence-corrected chi connectivity index (χ1v) is 9.90. The highest BCUT2D eigenvalue weighted by Crippen LogP contribution is 2.22. The van der Waals surface area contributed by atoms with Gasteiger partial charge in [0.25, 0.3) is 5.91 Å². The molecule has 1 amide bonds. The van der Waals surface area contributed by atoms with Crippen LogP contribution >= 0.6 is 0 Å². The molecule has 0 aliphatic carbocycles. The maximum atomic E-state index is 12.4. The van der Waals surface area contributed by atoms with Crippen LogP contribution in [0.25, 0.3) is 12.2 Å². The zero-order valence-electron chi connectivity index (χ0n) is 16.8. The van der Waals surface area contributed by atoms with Crippen molar-refractivity contribution in [3.8, 4) is 11.5 Å². The third-order valence-corrected chi connectivity index (χ3v) is 4.55. The van der Waals surface area contributed by atoms with Gasteiger partial charge in [0.1, 0.15) is 17.2 Å². The molecule has 2 aromatic carbocycles. The molecule has 5 nitrogen and oxygen atoms in total. The quantitative estimate of drug-likeness (QED) is 0.447. The fourth-order valence-corrected chi connectivity index (χ4v) is 2.92. The predicted molar refractivity (Wildman–Crippen MR) is 122 cm³/mol. The van der Waals surface area contributed by atoms with Crippen LogP contribution < -0.4 is 10.1 Å². The Labute approximate surface area is 181 Å². The van der Waals surface area contributed by atoms with Crippen molar-refractivity contribution in [2.45, 2.75) is 6.54 Å². The molecule has 0 aliphatic rings. The first-order chi connectivity index (χ1) is 15.3. The van der Waals surface area contributed by atoms with E-state index in [1.54, 1.807) is 30.7 Å². The van der Waals surface area contributed by atoms with Crippen LogP contribution in [0.3, 0.4) is 0 Å². The number of aromatic nitrogens is 2. The Hall–Kier alpha value is -4.25. The Morgan fingerprint density at radius 1 is 0.806 bits per heavy atom. The molecule has 5 heteroatoms. The van der Waals surface area contributed by atoms with Crippen molar-refractivity contribution >= 4 is 18.1 Å². The van der Waals surface area contributed by atoms with Gasteiger partial charge < -0.3 is 10.1 Å². The standard InChI is InChI=1S/C26H21N3O2/c30-26(29-19-22-4-2-1-3-5-22)25-18-24(14-17-28-25)31-23-10-8-20(9-11-23)6-7-21-12-15-27-16-13-21/h1-18H,19H2,(H,29,30)/b7-6+. The molecule has 0 fully saturated rings. The maximum absolute atomic E-state index is 12.4. The number of nitrogens with one attached hydrogen (secondary N) is 1. The number of amides is 1. The molecule has 1 N–H and O–H groups in total. The van der Waals surface area contributed by atoms with Gasteiger partial charge >= 0.3 is 0 Å². The first kappa shape index (κ1) is 20.0. The van der Waals surface area contributed by atoms with Crippen molar-refractivity contribution in [3.05, 3.63) is 120 Å². The Balaban J connectivity index is 1.37. The molecule has 0 radical (unpaired) electrons. The summed E-state index contributed by atoms with van der Waals surface area (Å²) < 4.78 is 5.90. The number of hydrogen-bond acceptors (Lipinski definition) is 4. The van der Waals surface area contributed by atoms with Gasteiger partial charge in [0, 0.05) is 31.2 Å². The third kappa shape index (κ3) is 5.87. The average molecular weight is 407 g/mol. The third-order valence-electron chi connectivity index (χ3n) is 4.55. The Morgan fingerprint density at radius 2 is 1.52 bits per heavy atom. The van der Waals surface area contributed by atoms with Crippen molar-refractivity contribution < 1.29 is 9.53 Å². The van der Waals surface area contributed by atoms with Crippen LogP contribution in [0, 0.1) is 0 Å². The van der Waals surface area contributed by atoms with E-state index >= 15 is 0 Å². The first-order valence-electron chi connectivity index (χ1n) is 9.90. The van der Waals surface area contributed by atoms with Crippen LogP contribution in [0.5, 0.6) is 11.5 Å². The molecule has 0 saturated carbocycles. The van der Waals surface area contributed by atoms with E-state index in [0.717, 1.165) is 16.7 Å². The number of rotatable bonds is 7. The lowest BCUT2D eigenvalue weighted by Gasteiger charge is -2.08. The fourth-order valence-electron chi connectivity index (χ4n) is 2.92. The fraction of sp³-hybridized carbons (Fsp3) is 0.0385. The maximum Gasteiger partial charge on any atom is 0.270 e. The minimum atomic E-state index is -0.245. The molecule has 0 unspecified atom stereocenters. The van der Waals surface area contributed by atoms with E-state index in [1.807, 2.05) is 78.9 Å². The second kappa shape index (κ2) is 9.98. The summed E-state index contributed by atoms with van der Waals surface area (Å²) in [6.45, 7) is 0.445. The van der Waals surface area contributed by atoms with Gasteiger partial charge in [0.15, 0.2) is 0 Å². The number of carbonyl (C=O) groups excluding carboxylic acids is 1. The highest BCUT2D eigenvalue weighted by Gasteiger charge is 2.09. The van der Waals surface area contributed by atoms with E-state index in [2.05, 4.69) is 15.3 Å². The van der Waals surface area contributed by atoms with Crippen molar-refractivity contribution in [2.75, 3.05) is 0 Å². The minimum absolute atomic E-state index is 0.245. The lowest BCUT2D eigenvalue weighted by molar-refractivity contribution is 0.0945. The minimum Gasteiger partial charge on any atom is -0.457 e. The molecule has 0 saturated heterocycles. The smallest absolute Gasteiger partial charge is 0.270 e. The SMILES string of the molecule is O=C(NCc1ccccc1)c1cc(Oc2ccc(/C=C/c3ccncc3)cc2)ccn1. The summed E-state index contributed by atoms with van der Waals surface area (Å²) in [5.74, 6) is 0.994. The largest absolute Gasteiger partial charge is 0.457 e. The molecular weight excluding hydrogens is 386 g/mol. The number of carbonyl (C=O) groups is 1. The van der Waals surface area contributed by atoms with Gasteiger partial charge in [-0.1, -0.05) is 54.6 Å². The molecular formula is C26H21N3O2. The van der Waals surface area contributed by atoms with Crippen LogP contribution in [0.4, 0.5) is 0 Å². The number of hydrogen-bond donors (Lipinski definition) is 1. The Bertz CT molecular complexity index is 1160. The molecule has 152 valence electrons. The van der Waals surface area contributed by atoms with Gasteiger partial charge in [-0.3, -0.25) is 14.8 Å². The van der Waals surface area contributed by atoms with Crippen molar-refractivity contribution in [3.63, 3.8) is 0 Å². The number of nitrogens with zero attached hydrogens (tertiary/aromatic N) is 2. The summed E-state index contributed by atoms with van der Waals surface area (Å²) in [5.41, 5.74) is 3.48. The number of pyridine rings is 2. The Morgan fingerprint density at radius 3 is 2.26 bits per heavy atom. The second-order valence-corrected chi connectivity index (χ2v) is 6.83. The summed E-state index contributed by atoms with van der Waals surface area (Å²) in [7, 11) is 0. The van der Waals surface area contributed by atoms with Gasteiger partial charge in [-0.25, -0.2) is 0 Å². The predicted octanol–water partition coefficient (Wildman–Crippen LogP) is 5.37. The molecule has 0 bridgehead atoms. The zero-order chi connectivity index (χ0) is 21.3. The van der Waals surface area contributed by atoms with E-state index < -0.39 is 0 Å². The highest BCUT2D eigenvalue weighted by atomic mass is 16.5. The lowest BCUT2D eigenvalue weighted by atomic mass is 10.1. The van der Waals surface area contributed by atoms with Gasteiger partial charge in [0.05, 0.1) is 0 Å². The molecule has 31 heavy (non-hydrogen) atoms. The molecule has 4 aromatic rings. The monoisotopic (exact) mass is 407 g/mol. The van der Waals surface area contributed by atoms with E-state index in [-0.39, 0.29) is 5.91 Å². The van der Waals surface area contributed by atoms with Crippen molar-refractivity contribution in [1.29, 1.82) is 0 Å². The summed E-state index contributed by atoms with van der Waals surface area (Å²) >= 11 is 0.